The molecule has 0 radical (unpaired) electrons. The fourth-order valence-electron chi connectivity index (χ4n) is 6.33. The van der Waals surface area contributed by atoms with Gasteiger partial charge in [-0.05, 0) is 98.9 Å². The second-order valence-electron chi connectivity index (χ2n) is 11.2. The summed E-state index contributed by atoms with van der Waals surface area (Å²) < 4.78 is 0. The van der Waals surface area contributed by atoms with Gasteiger partial charge in [0.2, 0.25) is 0 Å². The third-order valence-corrected chi connectivity index (χ3v) is 7.09. The van der Waals surface area contributed by atoms with Crippen molar-refractivity contribution in [3.63, 3.8) is 0 Å². The highest BCUT2D eigenvalue weighted by atomic mass is 35.5. The first-order valence-corrected chi connectivity index (χ1v) is 11.5. The molecule has 2 heteroatoms. The molecule has 0 bridgehead atoms. The Morgan fingerprint density at radius 1 is 0.929 bits per heavy atom. The molecule has 2 fully saturated rings. The largest absolute Gasteiger partial charge is 0.303 e. The molecular formula is C26H44ClN. The molecule has 1 aliphatic carbocycles. The molecule has 1 aromatic carbocycles. The van der Waals surface area contributed by atoms with Gasteiger partial charge in [-0.1, -0.05) is 64.8 Å². The molecule has 1 saturated heterocycles. The van der Waals surface area contributed by atoms with Gasteiger partial charge in [0.05, 0.1) is 0 Å². The van der Waals surface area contributed by atoms with Gasteiger partial charge in [0.15, 0.2) is 0 Å². The van der Waals surface area contributed by atoms with Gasteiger partial charge in [0.1, 0.15) is 0 Å². The third kappa shape index (κ3) is 5.99. The van der Waals surface area contributed by atoms with Gasteiger partial charge < -0.3 is 4.90 Å². The van der Waals surface area contributed by atoms with Crippen molar-refractivity contribution in [3.05, 3.63) is 34.9 Å². The van der Waals surface area contributed by atoms with Gasteiger partial charge in [0, 0.05) is 0 Å². The second-order valence-corrected chi connectivity index (χ2v) is 11.2. The number of benzene rings is 1. The Morgan fingerprint density at radius 3 is 2.11 bits per heavy atom. The molecule has 28 heavy (non-hydrogen) atoms. The first-order chi connectivity index (χ1) is 12.7. The molecule has 3 rings (SSSR count). The average molecular weight is 406 g/mol. The Kier molecular flexibility index (Phi) is 8.07. The SMILES string of the molecule is CCCCN1CCC(c2ccc(C)cc2C2CC(C)(C)CC(C)(C)C2)CC1.Cl. The zero-order valence-electron chi connectivity index (χ0n) is 19.3. The zero-order valence-corrected chi connectivity index (χ0v) is 20.1. The smallest absolute Gasteiger partial charge is 0.00129 e. The average Bonchev–Trinajstić information content (AvgIpc) is 2.58. The summed E-state index contributed by atoms with van der Waals surface area (Å²) in [6.45, 7) is 18.4. The van der Waals surface area contributed by atoms with Crippen LogP contribution in [0.4, 0.5) is 0 Å². The number of rotatable bonds is 5. The maximum absolute atomic E-state index is 2.70. The van der Waals surface area contributed by atoms with Crippen LogP contribution in [0.5, 0.6) is 0 Å². The lowest BCUT2D eigenvalue weighted by Crippen LogP contribution is -2.35. The van der Waals surface area contributed by atoms with E-state index >= 15 is 0 Å². The Hall–Kier alpha value is -0.530. The molecule has 0 aromatic heterocycles. The van der Waals surface area contributed by atoms with Crippen LogP contribution < -0.4 is 0 Å². The monoisotopic (exact) mass is 405 g/mol. The molecule has 1 heterocycles. The molecule has 0 atom stereocenters. The highest BCUT2D eigenvalue weighted by Crippen LogP contribution is 2.53. The van der Waals surface area contributed by atoms with Crippen LogP contribution in [0, 0.1) is 17.8 Å². The number of hydrogen-bond acceptors (Lipinski definition) is 1. The molecule has 0 unspecified atom stereocenters. The molecule has 0 amide bonds. The second kappa shape index (κ2) is 9.52. The predicted octanol–water partition coefficient (Wildman–Crippen LogP) is 7.72. The van der Waals surface area contributed by atoms with Gasteiger partial charge in [0.25, 0.3) is 0 Å². The van der Waals surface area contributed by atoms with Gasteiger partial charge >= 0.3 is 0 Å². The van der Waals surface area contributed by atoms with E-state index in [-0.39, 0.29) is 12.4 Å². The van der Waals surface area contributed by atoms with E-state index in [2.05, 4.69) is 64.6 Å². The van der Waals surface area contributed by atoms with Crippen molar-refractivity contribution in [2.75, 3.05) is 19.6 Å². The van der Waals surface area contributed by atoms with Gasteiger partial charge in [-0.15, -0.1) is 12.4 Å². The van der Waals surface area contributed by atoms with Crippen LogP contribution in [-0.2, 0) is 0 Å². The molecule has 1 saturated carbocycles. The summed E-state index contributed by atoms with van der Waals surface area (Å²) in [4.78, 5) is 2.70. The summed E-state index contributed by atoms with van der Waals surface area (Å²) in [5, 5.41) is 0. The Labute approximate surface area is 181 Å². The van der Waals surface area contributed by atoms with Gasteiger partial charge in [-0.3, -0.25) is 0 Å². The van der Waals surface area contributed by atoms with E-state index in [0.717, 1.165) is 11.8 Å². The number of likely N-dealkylation sites (tertiary alicyclic amines) is 1. The van der Waals surface area contributed by atoms with Crippen LogP contribution in [0.2, 0.25) is 0 Å². The molecular weight excluding hydrogens is 362 g/mol. The lowest BCUT2D eigenvalue weighted by molar-refractivity contribution is 0.0962. The summed E-state index contributed by atoms with van der Waals surface area (Å²) in [5.41, 5.74) is 5.74. The standard InChI is InChI=1S/C26H43N.ClH/c1-7-8-13-27-14-11-21(12-15-27)23-10-9-20(2)16-24(23)22-17-25(3,4)19-26(5,6)18-22;/h9-10,16,21-22H,7-8,11-15,17-19H2,1-6H3;1H. The lowest BCUT2D eigenvalue weighted by Gasteiger charge is -2.46. The van der Waals surface area contributed by atoms with E-state index in [1.54, 1.807) is 11.1 Å². The number of piperidine rings is 1. The maximum atomic E-state index is 2.70. The van der Waals surface area contributed by atoms with E-state index < -0.39 is 0 Å². The van der Waals surface area contributed by atoms with E-state index in [4.69, 9.17) is 0 Å². The van der Waals surface area contributed by atoms with Crippen molar-refractivity contribution in [2.24, 2.45) is 10.8 Å². The van der Waals surface area contributed by atoms with Crippen LogP contribution in [0.3, 0.4) is 0 Å². The number of aryl methyl sites for hydroxylation is 1. The Bertz CT molecular complexity index is 609. The fraction of sp³-hybridized carbons (Fsp3) is 0.769. The summed E-state index contributed by atoms with van der Waals surface area (Å²) in [7, 11) is 0. The lowest BCUT2D eigenvalue weighted by atomic mass is 9.59. The number of nitrogens with zero attached hydrogens (tertiary/aromatic N) is 1. The van der Waals surface area contributed by atoms with Crippen molar-refractivity contribution in [2.45, 2.75) is 98.3 Å². The summed E-state index contributed by atoms with van der Waals surface area (Å²) in [5.74, 6) is 1.50. The van der Waals surface area contributed by atoms with Crippen molar-refractivity contribution < 1.29 is 0 Å². The maximum Gasteiger partial charge on any atom is -0.00129 e. The number of unbranched alkanes of at least 4 members (excludes halogenated alkanes) is 1. The topological polar surface area (TPSA) is 3.24 Å². The van der Waals surface area contributed by atoms with E-state index in [0.29, 0.717) is 10.8 Å². The van der Waals surface area contributed by atoms with Crippen molar-refractivity contribution >= 4 is 12.4 Å². The van der Waals surface area contributed by atoms with Crippen molar-refractivity contribution in [1.29, 1.82) is 0 Å². The van der Waals surface area contributed by atoms with E-state index in [1.165, 1.54) is 70.1 Å². The van der Waals surface area contributed by atoms with Crippen LogP contribution in [0.1, 0.15) is 108 Å². The minimum Gasteiger partial charge on any atom is -0.303 e. The molecule has 2 aliphatic rings. The summed E-state index contributed by atoms with van der Waals surface area (Å²) >= 11 is 0. The molecule has 0 N–H and O–H groups in total. The third-order valence-electron chi connectivity index (χ3n) is 7.09. The van der Waals surface area contributed by atoms with Crippen LogP contribution >= 0.6 is 12.4 Å². The van der Waals surface area contributed by atoms with E-state index in [9.17, 15) is 0 Å². The summed E-state index contributed by atoms with van der Waals surface area (Å²) in [6, 6.07) is 7.40. The summed E-state index contributed by atoms with van der Waals surface area (Å²) in [6.07, 6.45) is 9.42. The highest BCUT2D eigenvalue weighted by molar-refractivity contribution is 5.85. The van der Waals surface area contributed by atoms with Gasteiger partial charge in [-0.25, -0.2) is 0 Å². The predicted molar refractivity (Wildman–Crippen MR) is 126 cm³/mol. The van der Waals surface area contributed by atoms with Crippen molar-refractivity contribution in [3.8, 4) is 0 Å². The molecule has 1 nitrogen and oxygen atoms in total. The molecule has 1 aromatic rings. The zero-order chi connectivity index (χ0) is 19.7. The van der Waals surface area contributed by atoms with Crippen LogP contribution in [0.25, 0.3) is 0 Å². The minimum atomic E-state index is 0. The Morgan fingerprint density at radius 2 is 1.54 bits per heavy atom. The first kappa shape index (κ1) is 23.7. The van der Waals surface area contributed by atoms with Crippen molar-refractivity contribution in [1.82, 2.24) is 4.90 Å². The number of hydrogen-bond donors (Lipinski definition) is 0. The highest BCUT2D eigenvalue weighted by Gasteiger charge is 2.40. The van der Waals surface area contributed by atoms with Gasteiger partial charge in [-0.2, -0.15) is 0 Å². The quantitative estimate of drug-likeness (QED) is 0.484. The molecule has 160 valence electrons. The minimum absolute atomic E-state index is 0. The van der Waals surface area contributed by atoms with Crippen LogP contribution in [-0.4, -0.2) is 24.5 Å². The van der Waals surface area contributed by atoms with E-state index in [1.807, 2.05) is 0 Å². The number of halogens is 1. The molecule has 0 spiro atoms. The fourth-order valence-corrected chi connectivity index (χ4v) is 6.33. The first-order valence-electron chi connectivity index (χ1n) is 11.5. The van der Waals surface area contributed by atoms with Crippen LogP contribution in [0.15, 0.2) is 18.2 Å². The Balaban J connectivity index is 0.00000280. The molecule has 1 aliphatic heterocycles. The normalized spacial score (nSPS) is 23.4.